The van der Waals surface area contributed by atoms with E-state index in [1.54, 1.807) is 12.1 Å². The summed E-state index contributed by atoms with van der Waals surface area (Å²) in [4.78, 5) is 15.6. The number of hydrogen-bond acceptors (Lipinski definition) is 3. The van der Waals surface area contributed by atoms with Gasteiger partial charge < -0.3 is 4.57 Å². The van der Waals surface area contributed by atoms with Crippen LogP contribution in [0.15, 0.2) is 65.7 Å². The fourth-order valence-electron chi connectivity index (χ4n) is 3.17. The number of nitro benzene ring substituents is 1. The highest BCUT2D eigenvalue weighted by molar-refractivity contribution is 6.15. The molecule has 0 amide bonds. The van der Waals surface area contributed by atoms with Gasteiger partial charge in [0.05, 0.1) is 22.9 Å². The molecule has 0 spiro atoms. The Morgan fingerprint density at radius 3 is 2.62 bits per heavy atom. The van der Waals surface area contributed by atoms with E-state index < -0.39 is 0 Å². The van der Waals surface area contributed by atoms with Gasteiger partial charge in [-0.05, 0) is 25.1 Å². The molecule has 0 unspecified atom stereocenters. The third kappa shape index (κ3) is 2.22. The molecule has 1 aromatic heterocycles. The van der Waals surface area contributed by atoms with Gasteiger partial charge in [0.2, 0.25) is 0 Å². The van der Waals surface area contributed by atoms with Crippen molar-refractivity contribution < 1.29 is 4.92 Å². The molecule has 3 aromatic rings. The summed E-state index contributed by atoms with van der Waals surface area (Å²) in [6.07, 6.45) is 0. The molecule has 0 N–H and O–H groups in total. The number of aliphatic imine (C=N–C) groups is 1. The molecule has 2 aromatic carbocycles. The molecule has 1 aliphatic heterocycles. The summed E-state index contributed by atoms with van der Waals surface area (Å²) in [6.45, 7) is 2.57. The zero-order valence-corrected chi connectivity index (χ0v) is 13.1. The Balaban J connectivity index is 2.01. The summed E-state index contributed by atoms with van der Waals surface area (Å²) in [5, 5.41) is 11.2. The van der Waals surface area contributed by atoms with Crippen LogP contribution in [0.1, 0.15) is 22.5 Å². The molecule has 0 aliphatic carbocycles. The van der Waals surface area contributed by atoms with Crippen LogP contribution in [0.25, 0.3) is 5.69 Å². The van der Waals surface area contributed by atoms with E-state index in [1.165, 1.54) is 0 Å². The van der Waals surface area contributed by atoms with Gasteiger partial charge in [-0.1, -0.05) is 30.3 Å². The van der Waals surface area contributed by atoms with Crippen molar-refractivity contribution in [3.8, 4) is 5.69 Å². The first kappa shape index (κ1) is 14.4. The van der Waals surface area contributed by atoms with Crippen molar-refractivity contribution in [3.05, 3.63) is 93.3 Å². The summed E-state index contributed by atoms with van der Waals surface area (Å²) >= 11 is 0. The molecule has 0 atom stereocenters. The third-order valence-electron chi connectivity index (χ3n) is 4.29. The molecular weight excluding hydrogens is 302 g/mol. The summed E-state index contributed by atoms with van der Waals surface area (Å²) in [5.74, 6) is 0. The molecule has 0 saturated carbocycles. The van der Waals surface area contributed by atoms with Gasteiger partial charge in [0.15, 0.2) is 0 Å². The second-order valence-electron chi connectivity index (χ2n) is 5.79. The van der Waals surface area contributed by atoms with Crippen molar-refractivity contribution in [2.75, 3.05) is 0 Å². The minimum absolute atomic E-state index is 0.0747. The van der Waals surface area contributed by atoms with E-state index in [-0.39, 0.29) is 10.6 Å². The molecule has 24 heavy (non-hydrogen) atoms. The van der Waals surface area contributed by atoms with Gasteiger partial charge in [-0.2, -0.15) is 0 Å². The number of rotatable bonds is 2. The van der Waals surface area contributed by atoms with Gasteiger partial charge in [0.1, 0.15) is 0 Å². The summed E-state index contributed by atoms with van der Waals surface area (Å²) < 4.78 is 2.12. The van der Waals surface area contributed by atoms with Crippen LogP contribution >= 0.6 is 0 Å². The quantitative estimate of drug-likeness (QED) is 0.529. The van der Waals surface area contributed by atoms with Gasteiger partial charge in [-0.25, -0.2) is 0 Å². The van der Waals surface area contributed by atoms with Gasteiger partial charge in [-0.3, -0.25) is 15.1 Å². The van der Waals surface area contributed by atoms with Crippen LogP contribution in [0.2, 0.25) is 0 Å². The maximum absolute atomic E-state index is 11.2. The van der Waals surface area contributed by atoms with Crippen LogP contribution < -0.4 is 0 Å². The Bertz CT molecular complexity index is 972. The zero-order chi connectivity index (χ0) is 16.7. The van der Waals surface area contributed by atoms with Gasteiger partial charge in [0.25, 0.3) is 5.69 Å². The first-order valence-corrected chi connectivity index (χ1v) is 7.71. The first-order chi connectivity index (χ1) is 11.6. The van der Waals surface area contributed by atoms with Crippen LogP contribution in [0.5, 0.6) is 0 Å². The van der Waals surface area contributed by atoms with Crippen LogP contribution in [0.4, 0.5) is 5.69 Å². The number of aromatic nitrogens is 1. The van der Waals surface area contributed by atoms with E-state index in [2.05, 4.69) is 10.6 Å². The minimum atomic E-state index is -0.364. The standard InChI is InChI=1S/C19H15N3O2/c1-13-7-8-16-12-20-19(14-5-3-2-4-6-14)17-11-15(22(23)24)9-10-18(17)21(13)16/h2-11H,12H2,1H3. The number of fused-ring (bicyclic) bond motifs is 3. The van der Waals surface area contributed by atoms with Crippen molar-refractivity contribution in [1.29, 1.82) is 0 Å². The lowest BCUT2D eigenvalue weighted by Crippen LogP contribution is -2.08. The van der Waals surface area contributed by atoms with Crippen molar-refractivity contribution in [3.63, 3.8) is 0 Å². The van der Waals surface area contributed by atoms with Crippen LogP contribution in [0, 0.1) is 17.0 Å². The van der Waals surface area contributed by atoms with Crippen molar-refractivity contribution >= 4 is 11.4 Å². The molecule has 118 valence electrons. The lowest BCUT2D eigenvalue weighted by molar-refractivity contribution is -0.384. The lowest BCUT2D eigenvalue weighted by Gasteiger charge is -2.13. The van der Waals surface area contributed by atoms with Crippen LogP contribution in [-0.2, 0) is 6.54 Å². The van der Waals surface area contributed by atoms with E-state index in [0.717, 1.165) is 33.9 Å². The minimum Gasteiger partial charge on any atom is -0.316 e. The number of non-ortho nitro benzene ring substituents is 1. The SMILES string of the molecule is Cc1ccc2n1-c1ccc([N+](=O)[O-])cc1C(c1ccccc1)=NC2. The third-order valence-corrected chi connectivity index (χ3v) is 4.29. The molecule has 4 rings (SSSR count). The Morgan fingerprint density at radius 1 is 1.08 bits per heavy atom. The molecule has 0 bridgehead atoms. The number of benzene rings is 2. The summed E-state index contributed by atoms with van der Waals surface area (Å²) in [7, 11) is 0. The van der Waals surface area contributed by atoms with E-state index in [0.29, 0.717) is 6.54 Å². The molecule has 2 heterocycles. The fourth-order valence-corrected chi connectivity index (χ4v) is 3.17. The Hall–Kier alpha value is -3.21. The monoisotopic (exact) mass is 317 g/mol. The second-order valence-corrected chi connectivity index (χ2v) is 5.79. The van der Waals surface area contributed by atoms with Gasteiger partial charge >= 0.3 is 0 Å². The van der Waals surface area contributed by atoms with Crippen molar-refractivity contribution in [2.45, 2.75) is 13.5 Å². The average Bonchev–Trinajstić information content (AvgIpc) is 2.87. The van der Waals surface area contributed by atoms with Gasteiger partial charge in [-0.15, -0.1) is 0 Å². The van der Waals surface area contributed by atoms with E-state index in [1.807, 2.05) is 49.4 Å². The highest BCUT2D eigenvalue weighted by atomic mass is 16.6. The van der Waals surface area contributed by atoms with Gasteiger partial charge in [0, 0.05) is 34.6 Å². The number of hydrogen-bond donors (Lipinski definition) is 0. The van der Waals surface area contributed by atoms with Crippen molar-refractivity contribution in [2.24, 2.45) is 4.99 Å². The zero-order valence-electron chi connectivity index (χ0n) is 13.1. The predicted octanol–water partition coefficient (Wildman–Crippen LogP) is 4.04. The van der Waals surface area contributed by atoms with Crippen LogP contribution in [0.3, 0.4) is 0 Å². The molecule has 1 aliphatic rings. The number of aryl methyl sites for hydroxylation is 1. The summed E-state index contributed by atoms with van der Waals surface area (Å²) in [6, 6.07) is 18.9. The average molecular weight is 317 g/mol. The number of nitro groups is 1. The Labute approximate surface area is 139 Å². The normalized spacial score (nSPS) is 12.8. The second kappa shape index (κ2) is 5.45. The topological polar surface area (TPSA) is 60.4 Å². The van der Waals surface area contributed by atoms with Crippen molar-refractivity contribution in [1.82, 2.24) is 4.57 Å². The van der Waals surface area contributed by atoms with Crippen LogP contribution in [-0.4, -0.2) is 15.2 Å². The lowest BCUT2D eigenvalue weighted by atomic mass is 10.00. The first-order valence-electron chi connectivity index (χ1n) is 7.71. The molecular formula is C19H15N3O2. The molecule has 0 fully saturated rings. The fraction of sp³-hybridized carbons (Fsp3) is 0.105. The highest BCUT2D eigenvalue weighted by Crippen LogP contribution is 2.30. The Kier molecular flexibility index (Phi) is 3.27. The Morgan fingerprint density at radius 2 is 1.88 bits per heavy atom. The maximum atomic E-state index is 11.2. The molecule has 5 heteroatoms. The smallest absolute Gasteiger partial charge is 0.270 e. The van der Waals surface area contributed by atoms with E-state index >= 15 is 0 Å². The number of nitrogens with zero attached hydrogens (tertiary/aromatic N) is 3. The molecule has 5 nitrogen and oxygen atoms in total. The molecule has 0 radical (unpaired) electrons. The predicted molar refractivity (Wildman–Crippen MR) is 92.9 cm³/mol. The highest BCUT2D eigenvalue weighted by Gasteiger charge is 2.22. The van der Waals surface area contributed by atoms with E-state index in [9.17, 15) is 10.1 Å². The molecule has 0 saturated heterocycles. The van der Waals surface area contributed by atoms with E-state index in [4.69, 9.17) is 4.99 Å². The largest absolute Gasteiger partial charge is 0.316 e. The maximum Gasteiger partial charge on any atom is 0.270 e. The summed E-state index contributed by atoms with van der Waals surface area (Å²) in [5.41, 5.74) is 5.70.